The van der Waals surface area contributed by atoms with Crippen LogP contribution in [0.25, 0.3) is 0 Å². The molecule has 0 spiro atoms. The Bertz CT molecular complexity index is 1270. The summed E-state index contributed by atoms with van der Waals surface area (Å²) in [7, 11) is -3.84. The number of amides is 1. The number of carbonyl (C=O) groups is 1. The van der Waals surface area contributed by atoms with E-state index in [1.165, 1.54) is 22.5 Å². The number of hydrogen-bond donors (Lipinski definition) is 1. The van der Waals surface area contributed by atoms with E-state index in [1.807, 2.05) is 18.2 Å². The van der Waals surface area contributed by atoms with E-state index in [0.29, 0.717) is 5.56 Å². The topological polar surface area (TPSA) is 66.5 Å². The summed E-state index contributed by atoms with van der Waals surface area (Å²) in [5, 5.41) is 2.81. The van der Waals surface area contributed by atoms with Crippen LogP contribution in [0.4, 0.5) is 13.2 Å². The first-order valence-corrected chi connectivity index (χ1v) is 12.2. The maximum Gasteiger partial charge on any atom is 0.243 e. The summed E-state index contributed by atoms with van der Waals surface area (Å²) in [4.78, 5) is 13.4. The molecule has 0 aliphatic carbocycles. The van der Waals surface area contributed by atoms with Gasteiger partial charge in [0.2, 0.25) is 15.9 Å². The summed E-state index contributed by atoms with van der Waals surface area (Å²) in [5.74, 6) is -2.81. The quantitative estimate of drug-likeness (QED) is 0.567. The zero-order valence-electron chi connectivity index (χ0n) is 18.2. The van der Waals surface area contributed by atoms with Crippen molar-refractivity contribution < 1.29 is 26.4 Å². The van der Waals surface area contributed by atoms with Crippen LogP contribution < -0.4 is 5.32 Å². The molecule has 1 amide bonds. The number of rotatable bonds is 6. The summed E-state index contributed by atoms with van der Waals surface area (Å²) in [5.41, 5.74) is 0.165. The number of benzene rings is 3. The van der Waals surface area contributed by atoms with Crippen molar-refractivity contribution in [3.8, 4) is 0 Å². The molecule has 1 heterocycles. The second-order valence-electron chi connectivity index (χ2n) is 8.24. The minimum atomic E-state index is -3.84. The number of nitrogens with zero attached hydrogens (tertiary/aromatic N) is 1. The highest BCUT2D eigenvalue weighted by atomic mass is 32.2. The fourth-order valence-corrected chi connectivity index (χ4v) is 5.71. The molecule has 0 unspecified atom stereocenters. The molecule has 178 valence electrons. The molecule has 3 aromatic carbocycles. The lowest BCUT2D eigenvalue weighted by molar-refractivity contribution is -0.128. The van der Waals surface area contributed by atoms with E-state index in [-0.39, 0.29) is 43.3 Å². The average Bonchev–Trinajstić information content (AvgIpc) is 2.85. The smallest absolute Gasteiger partial charge is 0.243 e. The van der Waals surface area contributed by atoms with Gasteiger partial charge in [-0.15, -0.1) is 0 Å². The van der Waals surface area contributed by atoms with E-state index < -0.39 is 32.9 Å². The largest absolute Gasteiger partial charge is 0.351 e. The molecular formula is C25H23F3N2O3S. The van der Waals surface area contributed by atoms with Gasteiger partial charge in [-0.25, -0.2) is 21.6 Å². The van der Waals surface area contributed by atoms with Crippen molar-refractivity contribution in [3.63, 3.8) is 0 Å². The van der Waals surface area contributed by atoms with Crippen LogP contribution in [0.15, 0.2) is 77.7 Å². The molecule has 0 atom stereocenters. The maximum absolute atomic E-state index is 13.5. The molecule has 1 fully saturated rings. The lowest BCUT2D eigenvalue weighted by Crippen LogP contribution is -2.52. The van der Waals surface area contributed by atoms with E-state index in [2.05, 4.69) is 5.32 Å². The first-order chi connectivity index (χ1) is 16.2. The lowest BCUT2D eigenvalue weighted by Gasteiger charge is -2.40. The van der Waals surface area contributed by atoms with E-state index in [1.54, 1.807) is 12.1 Å². The van der Waals surface area contributed by atoms with Gasteiger partial charge in [0.25, 0.3) is 0 Å². The van der Waals surface area contributed by atoms with E-state index >= 15 is 0 Å². The Morgan fingerprint density at radius 1 is 0.882 bits per heavy atom. The minimum Gasteiger partial charge on any atom is -0.351 e. The number of nitrogens with one attached hydrogen (secondary N) is 1. The Morgan fingerprint density at radius 3 is 2.15 bits per heavy atom. The van der Waals surface area contributed by atoms with Crippen LogP contribution in [0.5, 0.6) is 0 Å². The third-order valence-electron chi connectivity index (χ3n) is 6.23. The first kappa shape index (κ1) is 24.0. The molecule has 3 aromatic rings. The molecule has 1 aliphatic rings. The van der Waals surface area contributed by atoms with Crippen molar-refractivity contribution in [3.05, 3.63) is 101 Å². The molecule has 1 saturated heterocycles. The molecule has 1 aliphatic heterocycles. The van der Waals surface area contributed by atoms with Crippen LogP contribution >= 0.6 is 0 Å². The Kier molecular flexibility index (Phi) is 6.77. The predicted octanol–water partition coefficient (Wildman–Crippen LogP) is 4.14. The molecule has 0 saturated carbocycles. The van der Waals surface area contributed by atoms with Crippen LogP contribution in [0.2, 0.25) is 0 Å². The average molecular weight is 489 g/mol. The third kappa shape index (κ3) is 4.71. The Morgan fingerprint density at radius 2 is 1.53 bits per heavy atom. The second-order valence-corrected chi connectivity index (χ2v) is 10.2. The SMILES string of the molecule is O=C(NCc1ccc(F)c(F)c1)C1(c2ccccc2)CCN(S(=O)(=O)c2ccc(F)cc2)CC1. The molecule has 0 radical (unpaired) electrons. The van der Waals surface area contributed by atoms with Gasteiger partial charge >= 0.3 is 0 Å². The summed E-state index contributed by atoms with van der Waals surface area (Å²) < 4.78 is 67.3. The van der Waals surface area contributed by atoms with Crippen LogP contribution in [0, 0.1) is 17.5 Å². The van der Waals surface area contributed by atoms with Crippen LogP contribution in [0.3, 0.4) is 0 Å². The summed E-state index contributed by atoms with van der Waals surface area (Å²) in [6.45, 7) is 0.183. The molecular weight excluding hydrogens is 465 g/mol. The van der Waals surface area contributed by atoms with E-state index in [9.17, 15) is 26.4 Å². The maximum atomic E-state index is 13.5. The van der Waals surface area contributed by atoms with Gasteiger partial charge in [-0.2, -0.15) is 4.31 Å². The standard InChI is InChI=1S/C25H23F3N2O3S/c26-20-7-9-21(10-8-20)34(32,33)30-14-12-25(13-15-30,19-4-2-1-3-5-19)24(31)29-17-18-6-11-22(27)23(28)16-18/h1-11,16H,12-15,17H2,(H,29,31). The molecule has 0 bridgehead atoms. The minimum absolute atomic E-state index is 0.00219. The monoisotopic (exact) mass is 488 g/mol. The molecule has 34 heavy (non-hydrogen) atoms. The first-order valence-electron chi connectivity index (χ1n) is 10.8. The molecule has 9 heteroatoms. The van der Waals surface area contributed by atoms with Crippen molar-refractivity contribution in [2.75, 3.05) is 13.1 Å². The van der Waals surface area contributed by atoms with Gasteiger partial charge < -0.3 is 5.32 Å². The Hall–Kier alpha value is -3.17. The van der Waals surface area contributed by atoms with Gasteiger partial charge in [-0.05, 0) is 60.4 Å². The summed E-state index contributed by atoms with van der Waals surface area (Å²) in [6.07, 6.45) is 0.447. The van der Waals surface area contributed by atoms with Crippen molar-refractivity contribution in [2.45, 2.75) is 29.7 Å². The van der Waals surface area contributed by atoms with Gasteiger partial charge in [0.05, 0.1) is 10.3 Å². The fourth-order valence-electron chi connectivity index (χ4n) is 4.27. The predicted molar refractivity (Wildman–Crippen MR) is 121 cm³/mol. The number of piperidine rings is 1. The fraction of sp³-hybridized carbons (Fsp3) is 0.240. The number of carbonyl (C=O) groups excluding carboxylic acids is 1. The summed E-state index contributed by atoms with van der Waals surface area (Å²) >= 11 is 0. The zero-order valence-corrected chi connectivity index (χ0v) is 19.0. The lowest BCUT2D eigenvalue weighted by atomic mass is 9.72. The van der Waals surface area contributed by atoms with E-state index in [4.69, 9.17) is 0 Å². The van der Waals surface area contributed by atoms with Gasteiger partial charge in [-0.1, -0.05) is 36.4 Å². The van der Waals surface area contributed by atoms with E-state index in [0.717, 1.165) is 29.8 Å². The van der Waals surface area contributed by atoms with Crippen molar-refractivity contribution >= 4 is 15.9 Å². The highest BCUT2D eigenvalue weighted by Crippen LogP contribution is 2.37. The highest BCUT2D eigenvalue weighted by molar-refractivity contribution is 7.89. The van der Waals surface area contributed by atoms with Crippen LogP contribution in [-0.4, -0.2) is 31.7 Å². The van der Waals surface area contributed by atoms with Gasteiger partial charge in [0.1, 0.15) is 5.82 Å². The zero-order chi connectivity index (χ0) is 24.3. The number of hydrogen-bond acceptors (Lipinski definition) is 3. The molecule has 5 nitrogen and oxygen atoms in total. The summed E-state index contributed by atoms with van der Waals surface area (Å²) in [6, 6.07) is 17.1. The normalized spacial score (nSPS) is 16.2. The molecule has 1 N–H and O–H groups in total. The number of halogens is 3. The van der Waals surface area contributed by atoms with Crippen LogP contribution in [0.1, 0.15) is 24.0 Å². The second kappa shape index (κ2) is 9.60. The van der Waals surface area contributed by atoms with Crippen molar-refractivity contribution in [2.24, 2.45) is 0 Å². The Labute approximate surface area is 196 Å². The number of sulfonamides is 1. The Balaban J connectivity index is 1.55. The van der Waals surface area contributed by atoms with Crippen LogP contribution in [-0.2, 0) is 26.8 Å². The van der Waals surface area contributed by atoms with Gasteiger partial charge in [0, 0.05) is 19.6 Å². The van der Waals surface area contributed by atoms with Gasteiger partial charge in [0.15, 0.2) is 11.6 Å². The highest BCUT2D eigenvalue weighted by Gasteiger charge is 2.45. The third-order valence-corrected chi connectivity index (χ3v) is 8.14. The van der Waals surface area contributed by atoms with Gasteiger partial charge in [-0.3, -0.25) is 4.79 Å². The molecule has 0 aromatic heterocycles. The van der Waals surface area contributed by atoms with Crippen molar-refractivity contribution in [1.29, 1.82) is 0 Å². The molecule has 4 rings (SSSR count). The van der Waals surface area contributed by atoms with Crippen molar-refractivity contribution in [1.82, 2.24) is 9.62 Å².